The summed E-state index contributed by atoms with van der Waals surface area (Å²) < 4.78 is 0. The van der Waals surface area contributed by atoms with Crippen molar-refractivity contribution in [3.8, 4) is 33.4 Å². The van der Waals surface area contributed by atoms with Crippen molar-refractivity contribution in [2.45, 2.75) is 5.41 Å². The number of rotatable bonds is 7. The van der Waals surface area contributed by atoms with Gasteiger partial charge < -0.3 is 4.90 Å². The molecule has 0 spiro atoms. The summed E-state index contributed by atoms with van der Waals surface area (Å²) in [6.07, 6.45) is 0. The fraction of sp³-hybridized carbons (Fsp3) is 0.0175. The molecule has 0 N–H and O–H groups in total. The molecule has 0 amide bonds. The summed E-state index contributed by atoms with van der Waals surface area (Å²) >= 11 is 0. The molecular formula is C57H39N. The van der Waals surface area contributed by atoms with E-state index in [1.807, 2.05) is 0 Å². The normalized spacial score (nSPS) is 12.6. The summed E-state index contributed by atoms with van der Waals surface area (Å²) in [6.45, 7) is 0. The van der Waals surface area contributed by atoms with Crippen LogP contribution in [0, 0.1) is 0 Å². The Morgan fingerprint density at radius 1 is 0.310 bits per heavy atom. The zero-order valence-corrected chi connectivity index (χ0v) is 32.0. The van der Waals surface area contributed by atoms with Gasteiger partial charge in [0.1, 0.15) is 0 Å². The number of hydrogen-bond acceptors (Lipinski definition) is 1. The first kappa shape index (κ1) is 33.8. The Balaban J connectivity index is 1.09. The van der Waals surface area contributed by atoms with Gasteiger partial charge in [0.25, 0.3) is 0 Å². The SMILES string of the molecule is c1ccc(C2(c3ccccc3)c3ccccc3-c3c(-c4cccc(N(c5ccc(-c6ccc7ccccc7c6)cc5)c5cccc6ccccc56)c4)cccc32)cc1. The Bertz CT molecular complexity index is 3060. The summed E-state index contributed by atoms with van der Waals surface area (Å²) in [7, 11) is 0. The molecule has 10 aromatic rings. The van der Waals surface area contributed by atoms with Crippen molar-refractivity contribution in [1.82, 2.24) is 0 Å². The molecule has 0 aliphatic heterocycles. The fourth-order valence-electron chi connectivity index (χ4n) is 9.55. The third kappa shape index (κ3) is 5.39. The highest BCUT2D eigenvalue weighted by Crippen LogP contribution is 2.58. The van der Waals surface area contributed by atoms with E-state index < -0.39 is 5.41 Å². The Morgan fingerprint density at radius 2 is 0.897 bits per heavy atom. The summed E-state index contributed by atoms with van der Waals surface area (Å²) in [6, 6.07) is 86.8. The molecule has 10 aromatic carbocycles. The zero-order chi connectivity index (χ0) is 38.5. The van der Waals surface area contributed by atoms with Gasteiger partial charge in [0.2, 0.25) is 0 Å². The number of fused-ring (bicyclic) bond motifs is 5. The highest BCUT2D eigenvalue weighted by atomic mass is 15.1. The van der Waals surface area contributed by atoms with Gasteiger partial charge in [0, 0.05) is 16.8 Å². The Morgan fingerprint density at radius 3 is 1.69 bits per heavy atom. The lowest BCUT2D eigenvalue weighted by atomic mass is 9.67. The monoisotopic (exact) mass is 737 g/mol. The van der Waals surface area contributed by atoms with E-state index in [9.17, 15) is 0 Å². The number of hydrogen-bond donors (Lipinski definition) is 0. The van der Waals surface area contributed by atoms with Gasteiger partial charge in [-0.3, -0.25) is 0 Å². The maximum atomic E-state index is 2.42. The van der Waals surface area contributed by atoms with Crippen molar-refractivity contribution in [2.24, 2.45) is 0 Å². The van der Waals surface area contributed by atoms with Crippen LogP contribution in [0.5, 0.6) is 0 Å². The first-order valence-electron chi connectivity index (χ1n) is 20.1. The summed E-state index contributed by atoms with van der Waals surface area (Å²) in [5.74, 6) is 0. The molecule has 1 heteroatoms. The van der Waals surface area contributed by atoms with Gasteiger partial charge in [0.05, 0.1) is 11.1 Å². The van der Waals surface area contributed by atoms with Gasteiger partial charge >= 0.3 is 0 Å². The van der Waals surface area contributed by atoms with E-state index in [0.29, 0.717) is 0 Å². The van der Waals surface area contributed by atoms with Crippen LogP contribution < -0.4 is 4.90 Å². The van der Waals surface area contributed by atoms with Crippen LogP contribution in [0.3, 0.4) is 0 Å². The molecule has 0 bridgehead atoms. The minimum atomic E-state index is -0.455. The third-order valence-corrected chi connectivity index (χ3v) is 12.1. The Labute approximate surface area is 339 Å². The smallest absolute Gasteiger partial charge is 0.0713 e. The first-order valence-corrected chi connectivity index (χ1v) is 20.1. The lowest BCUT2D eigenvalue weighted by Crippen LogP contribution is -2.28. The van der Waals surface area contributed by atoms with Crippen LogP contribution in [0.1, 0.15) is 22.3 Å². The molecule has 58 heavy (non-hydrogen) atoms. The number of benzene rings is 10. The van der Waals surface area contributed by atoms with E-state index in [2.05, 4.69) is 241 Å². The summed E-state index contributed by atoms with van der Waals surface area (Å²) in [5, 5.41) is 4.92. The van der Waals surface area contributed by atoms with Crippen LogP contribution in [0.25, 0.3) is 54.9 Å². The molecule has 0 saturated heterocycles. The molecule has 1 nitrogen and oxygen atoms in total. The van der Waals surface area contributed by atoms with Crippen LogP contribution in [-0.4, -0.2) is 0 Å². The number of nitrogens with zero attached hydrogens (tertiary/aromatic N) is 1. The Hall–Kier alpha value is -7.48. The van der Waals surface area contributed by atoms with Crippen molar-refractivity contribution in [3.63, 3.8) is 0 Å². The molecular weight excluding hydrogens is 699 g/mol. The van der Waals surface area contributed by atoms with Gasteiger partial charge in [0.15, 0.2) is 0 Å². The topological polar surface area (TPSA) is 3.24 Å². The molecule has 0 atom stereocenters. The summed E-state index contributed by atoms with van der Waals surface area (Å²) in [4.78, 5) is 2.42. The highest BCUT2D eigenvalue weighted by Gasteiger charge is 2.46. The minimum Gasteiger partial charge on any atom is -0.310 e. The van der Waals surface area contributed by atoms with Crippen LogP contribution in [0.2, 0.25) is 0 Å². The maximum Gasteiger partial charge on any atom is 0.0713 e. The first-order chi connectivity index (χ1) is 28.8. The van der Waals surface area contributed by atoms with Gasteiger partial charge in [-0.2, -0.15) is 0 Å². The second kappa shape index (κ2) is 13.9. The van der Waals surface area contributed by atoms with Gasteiger partial charge in [-0.25, -0.2) is 0 Å². The van der Waals surface area contributed by atoms with Crippen molar-refractivity contribution in [3.05, 3.63) is 259 Å². The van der Waals surface area contributed by atoms with E-state index >= 15 is 0 Å². The van der Waals surface area contributed by atoms with E-state index in [1.54, 1.807) is 0 Å². The molecule has 0 radical (unpaired) electrons. The average molecular weight is 738 g/mol. The molecule has 0 aromatic heterocycles. The fourth-order valence-corrected chi connectivity index (χ4v) is 9.55. The largest absolute Gasteiger partial charge is 0.310 e. The van der Waals surface area contributed by atoms with Gasteiger partial charge in [-0.15, -0.1) is 0 Å². The van der Waals surface area contributed by atoms with Crippen molar-refractivity contribution in [2.75, 3.05) is 4.90 Å². The molecule has 272 valence electrons. The molecule has 0 unspecified atom stereocenters. The van der Waals surface area contributed by atoms with Crippen LogP contribution >= 0.6 is 0 Å². The van der Waals surface area contributed by atoms with Gasteiger partial charge in [-0.05, 0) is 108 Å². The molecule has 11 rings (SSSR count). The summed E-state index contributed by atoms with van der Waals surface area (Å²) in [5.41, 5.74) is 15.4. The second-order valence-corrected chi connectivity index (χ2v) is 15.2. The molecule has 0 fully saturated rings. The maximum absolute atomic E-state index is 2.42. The van der Waals surface area contributed by atoms with Crippen LogP contribution in [0.15, 0.2) is 237 Å². The third-order valence-electron chi connectivity index (χ3n) is 12.1. The van der Waals surface area contributed by atoms with Crippen LogP contribution in [0.4, 0.5) is 17.1 Å². The average Bonchev–Trinajstić information content (AvgIpc) is 3.61. The Kier molecular flexibility index (Phi) is 8.12. The minimum absolute atomic E-state index is 0.455. The lowest BCUT2D eigenvalue weighted by Gasteiger charge is -2.34. The van der Waals surface area contributed by atoms with E-state index in [0.717, 1.165) is 17.1 Å². The standard InChI is InChI=1S/C57H39N/c1-3-21-46(22-4-1)57(47-23-5-2-6-24-47)53-29-12-11-27-52(53)56-51(28-15-30-54(56)57)45-20-13-25-49(39-45)58(55-31-14-19-42-17-9-10-26-50(42)55)48-36-34-41(35-37-48)44-33-32-40-16-7-8-18-43(40)38-44/h1-39H. The molecule has 0 heterocycles. The highest BCUT2D eigenvalue weighted by molar-refractivity contribution is 6.00. The zero-order valence-electron chi connectivity index (χ0n) is 32.0. The quantitative estimate of drug-likeness (QED) is 0.157. The van der Waals surface area contributed by atoms with Crippen molar-refractivity contribution < 1.29 is 0 Å². The van der Waals surface area contributed by atoms with E-state index in [1.165, 1.54) is 77.2 Å². The molecule has 1 aliphatic rings. The number of anilines is 3. The van der Waals surface area contributed by atoms with Crippen molar-refractivity contribution >= 4 is 38.6 Å². The van der Waals surface area contributed by atoms with Gasteiger partial charge in [-0.1, -0.05) is 200 Å². The molecule has 0 saturated carbocycles. The van der Waals surface area contributed by atoms with E-state index in [4.69, 9.17) is 0 Å². The lowest BCUT2D eigenvalue weighted by molar-refractivity contribution is 0.768. The van der Waals surface area contributed by atoms with Crippen molar-refractivity contribution in [1.29, 1.82) is 0 Å². The molecule has 1 aliphatic carbocycles. The second-order valence-electron chi connectivity index (χ2n) is 15.2. The van der Waals surface area contributed by atoms with E-state index in [-0.39, 0.29) is 0 Å². The predicted octanol–water partition coefficient (Wildman–Crippen LogP) is 15.2. The predicted molar refractivity (Wildman–Crippen MR) is 244 cm³/mol. The van der Waals surface area contributed by atoms with Crippen LogP contribution in [-0.2, 0) is 5.41 Å².